The van der Waals surface area contributed by atoms with Crippen LogP contribution < -0.4 is 0 Å². The maximum Gasteiger partial charge on any atom is 0.187 e. The first-order chi connectivity index (χ1) is 47.1. The summed E-state index contributed by atoms with van der Waals surface area (Å²) >= 11 is 0. The lowest BCUT2D eigenvalue weighted by atomic mass is 9.97. The van der Waals surface area contributed by atoms with Gasteiger partial charge in [0.05, 0.1) is 66.1 Å². The minimum absolute atomic E-state index is 0.701. The molecule has 0 bridgehead atoms. The van der Waals surface area contributed by atoms with Crippen LogP contribution in [0, 0.1) is 0 Å². The fourth-order valence-corrected chi connectivity index (χ4v) is 12.7. The third kappa shape index (κ3) is 16.7. The molecule has 0 saturated carbocycles. The van der Waals surface area contributed by atoms with E-state index >= 15 is 0 Å². The molecule has 26 N–H and O–H groups in total. The van der Waals surface area contributed by atoms with Gasteiger partial charge in [-0.3, -0.25) is 0 Å². The van der Waals surface area contributed by atoms with Crippen LogP contribution in [0.2, 0.25) is 0 Å². The molecule has 10 aliphatic rings. The van der Waals surface area contributed by atoms with Crippen LogP contribution in [0.15, 0.2) is 0 Å². The second kappa shape index (κ2) is 34.4. The maximum absolute atomic E-state index is 11.9. The molecule has 0 aromatic carbocycles. The molecule has 99 heavy (non-hydrogen) atoms. The lowest BCUT2D eigenvalue weighted by Gasteiger charge is -2.46. The molecule has 45 heteroatoms. The number of aliphatic hydroxyl groups excluding tert-OH is 26. The van der Waals surface area contributed by atoms with E-state index in [2.05, 4.69) is 0 Å². The summed E-state index contributed by atoms with van der Waals surface area (Å²) in [5.74, 6) is 0. The predicted molar refractivity (Wildman–Crippen MR) is 294 cm³/mol. The summed E-state index contributed by atoms with van der Waals surface area (Å²) in [5.41, 5.74) is 0. The van der Waals surface area contributed by atoms with E-state index < -0.39 is 337 Å². The minimum atomic E-state index is -2.04. The van der Waals surface area contributed by atoms with Gasteiger partial charge in [-0.25, -0.2) is 0 Å². The van der Waals surface area contributed by atoms with Gasteiger partial charge < -0.3 is 223 Å². The predicted octanol–water partition coefficient (Wildman–Crippen LogP) is -19.0. The summed E-state index contributed by atoms with van der Waals surface area (Å²) in [5, 5.41) is 276. The lowest BCUT2D eigenvalue weighted by molar-refractivity contribution is -0.369. The Kier molecular flexibility index (Phi) is 27.7. The Morgan fingerprint density at radius 1 is 0.172 bits per heavy atom. The highest BCUT2D eigenvalue weighted by Crippen LogP contribution is 2.39. The van der Waals surface area contributed by atoms with Gasteiger partial charge in [-0.1, -0.05) is 0 Å². The maximum atomic E-state index is 11.9. The third-order valence-corrected chi connectivity index (χ3v) is 18.7. The zero-order valence-electron chi connectivity index (χ0n) is 51.9. The van der Waals surface area contributed by atoms with E-state index in [-0.39, 0.29) is 0 Å². The van der Waals surface area contributed by atoms with Crippen LogP contribution in [0.4, 0.5) is 0 Å². The van der Waals surface area contributed by atoms with E-state index in [1.54, 1.807) is 0 Å². The normalized spacial score (nSPS) is 53.5. The van der Waals surface area contributed by atoms with Crippen LogP contribution in [-0.4, -0.2) is 469 Å². The first kappa shape index (κ1) is 79.8. The van der Waals surface area contributed by atoms with Crippen LogP contribution in [0.25, 0.3) is 0 Å². The Morgan fingerprint density at radius 3 is 0.758 bits per heavy atom. The molecule has 0 unspecified atom stereocenters. The molecule has 576 valence electrons. The molecule has 0 aromatic heterocycles. The molecule has 44 atom stereocenters. The van der Waals surface area contributed by atoms with Gasteiger partial charge in [-0.05, 0) is 0 Å². The number of rotatable bonds is 28. The summed E-state index contributed by atoms with van der Waals surface area (Å²) in [6.45, 7) is -8.60. The third-order valence-electron chi connectivity index (χ3n) is 18.7. The van der Waals surface area contributed by atoms with Gasteiger partial charge >= 0.3 is 0 Å². The van der Waals surface area contributed by atoms with Crippen molar-refractivity contribution in [2.45, 2.75) is 270 Å². The van der Waals surface area contributed by atoms with Crippen LogP contribution in [-0.2, 0) is 90.0 Å². The fourth-order valence-electron chi connectivity index (χ4n) is 12.7. The zero-order chi connectivity index (χ0) is 71.9. The molecular formula is C54H90O45. The molecule has 10 heterocycles. The van der Waals surface area contributed by atoms with Gasteiger partial charge in [0.25, 0.3) is 0 Å². The largest absolute Gasteiger partial charge is 0.394 e. The molecule has 10 fully saturated rings. The highest BCUT2D eigenvalue weighted by molar-refractivity contribution is 5.00. The molecule has 0 radical (unpaired) electrons. The van der Waals surface area contributed by atoms with Gasteiger partial charge in [0.1, 0.15) is 208 Å². The molecule has 10 aliphatic heterocycles. The van der Waals surface area contributed by atoms with Gasteiger partial charge in [-0.15, -0.1) is 0 Å². The Bertz CT molecular complexity index is 2450. The standard InChI is InChI=1S/C54H90O45/c55-1-11-21(61)30(70)37(77)49(86-11)98-43-32(72)23(63)13(3-57)88-52(43)82-8-18-26(66)35(75)47(92-18)96-41-28(68)15(5-59)90-51(41)84-10-20-40(39(79)46(94-20)81-7-17-25(65)34(74)45(80)85-17)95-54-42(29(69)16(6-60)91-54)97-48-36(76)27(67)19(93-48)9-83-53-44(33(73)24(64)14(4-58)89-53)99-50-38(78)31(71)22(62)12(2-56)87-50/h11-80H,1-10H2/t11-,12-,13-,14-,15-,16-,17-,18-,19-,20-,21-,22-,23-,24-,25-,26-,27-,28-,29-,30+,31+,32+,33+,34+,35+,36+,37+,38+,39+,40-,41+,42+,43+,44+,45+,46+,47+,48+,49-,50-,51+,52+,53+,54-/m1/s1. The molecular weight excluding hydrogens is 1370 g/mol. The van der Waals surface area contributed by atoms with Crippen molar-refractivity contribution in [1.29, 1.82) is 0 Å². The van der Waals surface area contributed by atoms with E-state index in [9.17, 15) is 133 Å². The summed E-state index contributed by atoms with van der Waals surface area (Å²) in [7, 11) is 0. The summed E-state index contributed by atoms with van der Waals surface area (Å²) < 4.78 is 109. The van der Waals surface area contributed by atoms with E-state index in [4.69, 9.17) is 90.0 Å². The molecule has 0 amide bonds. The van der Waals surface area contributed by atoms with Crippen LogP contribution in [0.1, 0.15) is 0 Å². The SMILES string of the molecule is OC[C@H]1O[C@H](O[C@@H]2[C@@H](OC[C@H]3O[C@@H](O[C@@H]4[C@@H](OC[C@H]5O[C@H](OC[C@H]6O[C@H](O)[C@@H](O)[C@@H]6O)[C@@H](O)[C@@H]5O[C@H]5O[C@H](CO)[C@@H](O)[C@@H]5O[C@@H]5O[C@H](CO[C@H]6O[C@H](CO)[C@@H](O)[C@H](O)[C@@H]6O[C@H]6O[C@H](CO)[C@@H](O)[C@H](O)[C@@H]6O)[C@@H](O)[C@@H]5O)O[C@H](CO)[C@H]4O)[C@@H](O)[C@@H]3O)O[C@H](CO)[C@@H](O)[C@@H]2O)[C@@H](O)[C@@H](O)[C@@H]1O. The second-order valence-corrected chi connectivity index (χ2v) is 25.2. The van der Waals surface area contributed by atoms with Gasteiger partial charge in [0, 0.05) is 0 Å². The van der Waals surface area contributed by atoms with Crippen molar-refractivity contribution in [3.8, 4) is 0 Å². The number of ether oxygens (including phenoxy) is 19. The van der Waals surface area contributed by atoms with Crippen LogP contribution in [0.3, 0.4) is 0 Å². The van der Waals surface area contributed by atoms with Gasteiger partial charge in [0.15, 0.2) is 62.9 Å². The van der Waals surface area contributed by atoms with E-state index in [0.717, 1.165) is 0 Å². The van der Waals surface area contributed by atoms with Gasteiger partial charge in [-0.2, -0.15) is 0 Å². The quantitative estimate of drug-likeness (QED) is 0.0346. The molecule has 45 nitrogen and oxygen atoms in total. The van der Waals surface area contributed by atoms with Crippen molar-refractivity contribution < 1.29 is 223 Å². The van der Waals surface area contributed by atoms with Crippen molar-refractivity contribution in [2.75, 3.05) is 66.1 Å². The second-order valence-electron chi connectivity index (χ2n) is 25.2. The molecule has 10 rings (SSSR count). The van der Waals surface area contributed by atoms with Crippen molar-refractivity contribution in [3.63, 3.8) is 0 Å². The number of hydrogen-bond donors (Lipinski definition) is 26. The van der Waals surface area contributed by atoms with E-state index in [0.29, 0.717) is 0 Å². The summed E-state index contributed by atoms with van der Waals surface area (Å²) in [6, 6.07) is 0. The highest BCUT2D eigenvalue weighted by Gasteiger charge is 2.59. The number of hydrogen-bond acceptors (Lipinski definition) is 45. The molecule has 0 aliphatic carbocycles. The first-order valence-corrected chi connectivity index (χ1v) is 31.6. The Balaban J connectivity index is 0.807. The van der Waals surface area contributed by atoms with E-state index in [1.807, 2.05) is 0 Å². The van der Waals surface area contributed by atoms with Crippen molar-refractivity contribution in [2.24, 2.45) is 0 Å². The topological polar surface area (TPSA) is 701 Å². The fraction of sp³-hybridized carbons (Fsp3) is 1.00. The minimum Gasteiger partial charge on any atom is -0.394 e. The number of aliphatic hydroxyl groups is 26. The van der Waals surface area contributed by atoms with Crippen molar-refractivity contribution >= 4 is 0 Å². The lowest BCUT2D eigenvalue weighted by Crippen LogP contribution is -2.64. The average molecular weight is 1460 g/mol. The molecule has 10 saturated heterocycles. The van der Waals surface area contributed by atoms with E-state index in [1.165, 1.54) is 0 Å². The molecule has 0 spiro atoms. The zero-order valence-corrected chi connectivity index (χ0v) is 51.9. The Labute approximate surface area is 558 Å². The first-order valence-electron chi connectivity index (χ1n) is 31.6. The van der Waals surface area contributed by atoms with Crippen LogP contribution in [0.5, 0.6) is 0 Å². The van der Waals surface area contributed by atoms with Crippen LogP contribution >= 0.6 is 0 Å². The Hall–Kier alpha value is -1.80. The van der Waals surface area contributed by atoms with Crippen molar-refractivity contribution in [3.05, 3.63) is 0 Å². The smallest absolute Gasteiger partial charge is 0.187 e. The summed E-state index contributed by atoms with van der Waals surface area (Å²) in [6.07, 6.45) is -80.3. The molecule has 0 aromatic rings. The monoisotopic (exact) mass is 1460 g/mol. The van der Waals surface area contributed by atoms with Gasteiger partial charge in [0.2, 0.25) is 0 Å². The van der Waals surface area contributed by atoms with Crippen molar-refractivity contribution in [1.82, 2.24) is 0 Å². The Morgan fingerprint density at radius 2 is 0.404 bits per heavy atom. The summed E-state index contributed by atoms with van der Waals surface area (Å²) in [4.78, 5) is 0. The average Bonchev–Trinajstić information content (AvgIpc) is 1.59. The highest BCUT2D eigenvalue weighted by atomic mass is 16.8.